The van der Waals surface area contributed by atoms with Crippen molar-refractivity contribution in [3.63, 3.8) is 0 Å². The molecule has 1 rings (SSSR count). The Kier molecular flexibility index (Phi) is 3.55. The lowest BCUT2D eigenvalue weighted by atomic mass is 10.3. The molecule has 1 unspecified atom stereocenters. The van der Waals surface area contributed by atoms with Crippen LogP contribution in [0.25, 0.3) is 0 Å². The average Bonchev–Trinajstić information content (AvgIpc) is 2.15. The Labute approximate surface area is 88.3 Å². The SMILES string of the molecule is CC(CO)N(C)c1ncc(Cl)cc1N. The maximum atomic E-state index is 8.98. The van der Waals surface area contributed by atoms with Crippen LogP contribution in [0.5, 0.6) is 0 Å². The van der Waals surface area contributed by atoms with Crippen molar-refractivity contribution in [2.75, 3.05) is 24.3 Å². The number of rotatable bonds is 3. The van der Waals surface area contributed by atoms with Gasteiger partial charge in [-0.3, -0.25) is 0 Å². The Morgan fingerprint density at radius 1 is 1.71 bits per heavy atom. The van der Waals surface area contributed by atoms with Gasteiger partial charge in [-0.05, 0) is 13.0 Å². The van der Waals surface area contributed by atoms with E-state index in [4.69, 9.17) is 22.4 Å². The van der Waals surface area contributed by atoms with Crippen molar-refractivity contribution in [2.24, 2.45) is 0 Å². The summed E-state index contributed by atoms with van der Waals surface area (Å²) in [5, 5.41) is 9.49. The Morgan fingerprint density at radius 2 is 2.36 bits per heavy atom. The van der Waals surface area contributed by atoms with Crippen LogP contribution in [0.4, 0.5) is 11.5 Å². The standard InChI is InChI=1S/C9H14ClN3O/c1-6(5-14)13(2)9-8(11)3-7(10)4-12-9/h3-4,6,14H,5,11H2,1-2H3. The fourth-order valence-corrected chi connectivity index (χ4v) is 1.24. The minimum atomic E-state index is -0.0222. The number of aromatic nitrogens is 1. The molecule has 0 aromatic carbocycles. The first-order chi connectivity index (χ1) is 6.56. The number of nitrogen functional groups attached to an aromatic ring is 1. The average molecular weight is 216 g/mol. The molecule has 5 heteroatoms. The molecule has 14 heavy (non-hydrogen) atoms. The number of halogens is 1. The summed E-state index contributed by atoms with van der Waals surface area (Å²) in [4.78, 5) is 5.92. The van der Waals surface area contributed by atoms with Gasteiger partial charge in [-0.25, -0.2) is 4.98 Å². The molecule has 1 aromatic rings. The maximum Gasteiger partial charge on any atom is 0.151 e. The monoisotopic (exact) mass is 215 g/mol. The quantitative estimate of drug-likeness (QED) is 0.794. The van der Waals surface area contributed by atoms with Gasteiger partial charge >= 0.3 is 0 Å². The van der Waals surface area contributed by atoms with Crippen molar-refractivity contribution >= 4 is 23.1 Å². The van der Waals surface area contributed by atoms with Crippen molar-refractivity contribution in [3.8, 4) is 0 Å². The van der Waals surface area contributed by atoms with Crippen LogP contribution >= 0.6 is 11.6 Å². The smallest absolute Gasteiger partial charge is 0.151 e. The summed E-state index contributed by atoms with van der Waals surface area (Å²) in [7, 11) is 1.83. The van der Waals surface area contributed by atoms with Gasteiger partial charge in [0.05, 0.1) is 23.4 Å². The number of pyridine rings is 1. The first kappa shape index (κ1) is 11.1. The van der Waals surface area contributed by atoms with E-state index in [1.54, 1.807) is 6.07 Å². The van der Waals surface area contributed by atoms with Crippen LogP contribution < -0.4 is 10.6 Å². The zero-order chi connectivity index (χ0) is 10.7. The van der Waals surface area contributed by atoms with Gasteiger partial charge in [0.1, 0.15) is 0 Å². The van der Waals surface area contributed by atoms with Crippen LogP contribution in [0, 0.1) is 0 Å². The topological polar surface area (TPSA) is 62.4 Å². The van der Waals surface area contributed by atoms with Crippen LogP contribution in [0.1, 0.15) is 6.92 Å². The molecule has 0 aliphatic rings. The summed E-state index contributed by atoms with van der Waals surface area (Å²) in [6, 6.07) is 1.62. The molecule has 1 atom stereocenters. The molecule has 0 bridgehead atoms. The summed E-state index contributed by atoms with van der Waals surface area (Å²) in [6.07, 6.45) is 1.54. The number of hydrogen-bond donors (Lipinski definition) is 2. The predicted molar refractivity (Wildman–Crippen MR) is 58.6 cm³/mol. The molecule has 1 aromatic heterocycles. The molecule has 3 N–H and O–H groups in total. The molecule has 0 spiro atoms. The van der Waals surface area contributed by atoms with Gasteiger partial charge in [-0.2, -0.15) is 0 Å². The van der Waals surface area contributed by atoms with Crippen LogP contribution in [0.3, 0.4) is 0 Å². The molecular formula is C9H14ClN3O. The number of aliphatic hydroxyl groups is 1. The van der Waals surface area contributed by atoms with E-state index in [1.165, 1.54) is 6.20 Å². The Balaban J connectivity index is 2.95. The first-order valence-corrected chi connectivity index (χ1v) is 4.68. The fourth-order valence-electron chi connectivity index (χ4n) is 1.07. The maximum absolute atomic E-state index is 8.98. The van der Waals surface area contributed by atoms with Gasteiger partial charge in [0, 0.05) is 13.2 Å². The first-order valence-electron chi connectivity index (χ1n) is 4.31. The highest BCUT2D eigenvalue weighted by molar-refractivity contribution is 6.30. The van der Waals surface area contributed by atoms with E-state index in [1.807, 2.05) is 18.9 Å². The zero-order valence-electron chi connectivity index (χ0n) is 8.24. The minimum Gasteiger partial charge on any atom is -0.396 e. The molecule has 0 fully saturated rings. The normalized spacial score (nSPS) is 12.6. The van der Waals surface area contributed by atoms with Crippen LogP contribution in [-0.2, 0) is 0 Å². The lowest BCUT2D eigenvalue weighted by Crippen LogP contribution is -2.33. The fraction of sp³-hybridized carbons (Fsp3) is 0.444. The van der Waals surface area contributed by atoms with E-state index in [9.17, 15) is 0 Å². The molecule has 0 saturated heterocycles. The second-order valence-electron chi connectivity index (χ2n) is 3.21. The number of likely N-dealkylation sites (N-methyl/N-ethyl adjacent to an activating group) is 1. The highest BCUT2D eigenvalue weighted by Crippen LogP contribution is 2.23. The molecule has 0 amide bonds. The van der Waals surface area contributed by atoms with Crippen molar-refractivity contribution in [3.05, 3.63) is 17.3 Å². The Bertz CT molecular complexity index is 319. The van der Waals surface area contributed by atoms with Gasteiger partial charge in [-0.15, -0.1) is 0 Å². The third-order valence-electron chi connectivity index (χ3n) is 2.12. The number of nitrogens with two attached hydrogens (primary N) is 1. The van der Waals surface area contributed by atoms with Crippen molar-refractivity contribution in [1.82, 2.24) is 4.98 Å². The van der Waals surface area contributed by atoms with Gasteiger partial charge in [-0.1, -0.05) is 11.6 Å². The van der Waals surface area contributed by atoms with E-state index in [2.05, 4.69) is 4.98 Å². The molecular weight excluding hydrogens is 202 g/mol. The number of anilines is 2. The molecule has 1 heterocycles. The lowest BCUT2D eigenvalue weighted by Gasteiger charge is -2.25. The van der Waals surface area contributed by atoms with Crippen LogP contribution in [-0.4, -0.2) is 29.8 Å². The zero-order valence-corrected chi connectivity index (χ0v) is 8.99. The Hall–Kier alpha value is -1.00. The third kappa shape index (κ3) is 2.27. The third-order valence-corrected chi connectivity index (χ3v) is 2.33. The van der Waals surface area contributed by atoms with E-state index in [0.29, 0.717) is 16.5 Å². The summed E-state index contributed by atoms with van der Waals surface area (Å²) in [5.41, 5.74) is 6.26. The summed E-state index contributed by atoms with van der Waals surface area (Å²) >= 11 is 5.72. The molecule has 4 nitrogen and oxygen atoms in total. The van der Waals surface area contributed by atoms with Gasteiger partial charge in [0.2, 0.25) is 0 Å². The van der Waals surface area contributed by atoms with Gasteiger partial charge < -0.3 is 15.7 Å². The minimum absolute atomic E-state index is 0.0222. The molecule has 0 aliphatic carbocycles. The van der Waals surface area contributed by atoms with Crippen molar-refractivity contribution in [2.45, 2.75) is 13.0 Å². The second kappa shape index (κ2) is 4.48. The largest absolute Gasteiger partial charge is 0.396 e. The van der Waals surface area contributed by atoms with E-state index >= 15 is 0 Å². The second-order valence-corrected chi connectivity index (χ2v) is 3.65. The number of nitrogens with zero attached hydrogens (tertiary/aromatic N) is 2. The summed E-state index contributed by atoms with van der Waals surface area (Å²) < 4.78 is 0. The summed E-state index contributed by atoms with van der Waals surface area (Å²) in [5.74, 6) is 0.635. The molecule has 0 aliphatic heterocycles. The van der Waals surface area contributed by atoms with E-state index in [-0.39, 0.29) is 12.6 Å². The molecule has 0 radical (unpaired) electrons. The number of aliphatic hydroxyl groups excluding tert-OH is 1. The van der Waals surface area contributed by atoms with Crippen molar-refractivity contribution < 1.29 is 5.11 Å². The number of hydrogen-bond acceptors (Lipinski definition) is 4. The molecule has 0 saturated carbocycles. The lowest BCUT2D eigenvalue weighted by molar-refractivity contribution is 0.270. The highest BCUT2D eigenvalue weighted by atomic mass is 35.5. The highest BCUT2D eigenvalue weighted by Gasteiger charge is 2.12. The predicted octanol–water partition coefficient (Wildman–Crippen LogP) is 1.13. The van der Waals surface area contributed by atoms with E-state index < -0.39 is 0 Å². The summed E-state index contributed by atoms with van der Waals surface area (Å²) in [6.45, 7) is 1.94. The Morgan fingerprint density at radius 3 is 2.86 bits per heavy atom. The van der Waals surface area contributed by atoms with E-state index in [0.717, 1.165) is 0 Å². The van der Waals surface area contributed by atoms with Crippen LogP contribution in [0.2, 0.25) is 5.02 Å². The van der Waals surface area contributed by atoms with Crippen LogP contribution in [0.15, 0.2) is 12.3 Å². The van der Waals surface area contributed by atoms with Gasteiger partial charge in [0.15, 0.2) is 5.82 Å². The van der Waals surface area contributed by atoms with Gasteiger partial charge in [0.25, 0.3) is 0 Å². The van der Waals surface area contributed by atoms with Crippen molar-refractivity contribution in [1.29, 1.82) is 0 Å². The molecule has 78 valence electrons.